The summed E-state index contributed by atoms with van der Waals surface area (Å²) in [7, 11) is 0. The van der Waals surface area contributed by atoms with Gasteiger partial charge in [-0.2, -0.15) is 9.97 Å². The predicted molar refractivity (Wildman–Crippen MR) is 72.4 cm³/mol. The molecule has 0 bridgehead atoms. The summed E-state index contributed by atoms with van der Waals surface area (Å²) in [4.78, 5) is 11.8. The summed E-state index contributed by atoms with van der Waals surface area (Å²) in [6.45, 7) is 3.69. The predicted octanol–water partition coefficient (Wildman–Crippen LogP) is 1.53. The minimum Gasteiger partial charge on any atom is -0.461 e. The molecule has 0 aliphatic rings. The third-order valence-electron chi connectivity index (χ3n) is 2.27. The van der Waals surface area contributed by atoms with Gasteiger partial charge in [-0.1, -0.05) is 12.1 Å². The standard InChI is InChI=1S/C13H16N4O3/c1-8(2)19-12-15-11(14)16-13(17-12)20-10-5-3-9(7-18)4-6-10/h3-6,8,18H,7H2,1-2H3,(H2,14,15,16,17). The van der Waals surface area contributed by atoms with Crippen LogP contribution in [0.15, 0.2) is 24.3 Å². The molecule has 7 nitrogen and oxygen atoms in total. The van der Waals surface area contributed by atoms with Crippen molar-refractivity contribution in [3.8, 4) is 17.8 Å². The number of hydrogen-bond donors (Lipinski definition) is 2. The van der Waals surface area contributed by atoms with E-state index in [9.17, 15) is 0 Å². The summed E-state index contributed by atoms with van der Waals surface area (Å²) in [5.41, 5.74) is 6.37. The SMILES string of the molecule is CC(C)Oc1nc(N)nc(Oc2ccc(CO)cc2)n1. The molecule has 1 aromatic carbocycles. The van der Waals surface area contributed by atoms with Gasteiger partial charge in [0.1, 0.15) is 5.75 Å². The van der Waals surface area contributed by atoms with Crippen molar-refractivity contribution >= 4 is 5.95 Å². The highest BCUT2D eigenvalue weighted by Gasteiger charge is 2.09. The van der Waals surface area contributed by atoms with Crippen LogP contribution in [-0.2, 0) is 6.61 Å². The molecule has 20 heavy (non-hydrogen) atoms. The van der Waals surface area contributed by atoms with Crippen molar-refractivity contribution in [3.05, 3.63) is 29.8 Å². The maximum atomic E-state index is 8.97. The Morgan fingerprint density at radius 1 is 1.10 bits per heavy atom. The number of nitrogens with zero attached hydrogens (tertiary/aromatic N) is 3. The molecule has 0 radical (unpaired) electrons. The Morgan fingerprint density at radius 2 is 1.75 bits per heavy atom. The molecule has 2 rings (SSSR count). The van der Waals surface area contributed by atoms with Crippen LogP contribution in [0.1, 0.15) is 19.4 Å². The van der Waals surface area contributed by atoms with Crippen molar-refractivity contribution < 1.29 is 14.6 Å². The molecule has 0 amide bonds. The molecule has 0 aliphatic carbocycles. The van der Waals surface area contributed by atoms with Gasteiger partial charge < -0.3 is 20.3 Å². The molecule has 0 unspecified atom stereocenters. The van der Waals surface area contributed by atoms with Crippen LogP contribution in [0.4, 0.5) is 5.95 Å². The van der Waals surface area contributed by atoms with Gasteiger partial charge >= 0.3 is 12.0 Å². The lowest BCUT2D eigenvalue weighted by Crippen LogP contribution is -2.11. The van der Waals surface area contributed by atoms with Crippen molar-refractivity contribution in [1.29, 1.82) is 0 Å². The van der Waals surface area contributed by atoms with E-state index in [-0.39, 0.29) is 30.7 Å². The van der Waals surface area contributed by atoms with Gasteiger partial charge in [0.15, 0.2) is 0 Å². The summed E-state index contributed by atoms with van der Waals surface area (Å²) in [6, 6.07) is 7.07. The lowest BCUT2D eigenvalue weighted by molar-refractivity contribution is 0.219. The fourth-order valence-corrected chi connectivity index (χ4v) is 1.43. The molecule has 0 saturated heterocycles. The van der Waals surface area contributed by atoms with Crippen molar-refractivity contribution in [2.24, 2.45) is 0 Å². The summed E-state index contributed by atoms with van der Waals surface area (Å²) in [6.07, 6.45) is -0.0755. The topological polar surface area (TPSA) is 103 Å². The molecule has 1 aromatic heterocycles. The van der Waals surface area contributed by atoms with Crippen LogP contribution in [0.25, 0.3) is 0 Å². The molecule has 0 fully saturated rings. The van der Waals surface area contributed by atoms with Gasteiger partial charge in [0.2, 0.25) is 5.95 Å². The Kier molecular flexibility index (Phi) is 4.31. The molecule has 7 heteroatoms. The van der Waals surface area contributed by atoms with E-state index in [0.29, 0.717) is 5.75 Å². The van der Waals surface area contributed by atoms with Gasteiger partial charge in [0.25, 0.3) is 0 Å². The first-order valence-electron chi connectivity index (χ1n) is 6.12. The number of rotatable bonds is 5. The molecule has 1 heterocycles. The zero-order chi connectivity index (χ0) is 14.5. The summed E-state index contributed by atoms with van der Waals surface area (Å²) in [5.74, 6) is 0.556. The van der Waals surface area contributed by atoms with E-state index in [4.69, 9.17) is 20.3 Å². The summed E-state index contributed by atoms with van der Waals surface area (Å²) >= 11 is 0. The Morgan fingerprint density at radius 3 is 2.35 bits per heavy atom. The van der Waals surface area contributed by atoms with E-state index in [1.807, 2.05) is 13.8 Å². The minimum absolute atomic E-state index is 0.0225. The average Bonchev–Trinajstić information content (AvgIpc) is 2.38. The first kappa shape index (κ1) is 14.0. The number of aliphatic hydroxyl groups is 1. The number of aromatic nitrogens is 3. The molecule has 0 saturated carbocycles. The van der Waals surface area contributed by atoms with Gasteiger partial charge in [-0.3, -0.25) is 0 Å². The number of aliphatic hydroxyl groups excluding tert-OH is 1. The zero-order valence-corrected chi connectivity index (χ0v) is 11.3. The van der Waals surface area contributed by atoms with E-state index in [0.717, 1.165) is 5.56 Å². The molecule has 2 aromatic rings. The second-order valence-corrected chi connectivity index (χ2v) is 4.33. The number of nitrogen functional groups attached to an aromatic ring is 1. The number of benzene rings is 1. The first-order valence-corrected chi connectivity index (χ1v) is 6.12. The highest BCUT2D eigenvalue weighted by atomic mass is 16.5. The third-order valence-corrected chi connectivity index (χ3v) is 2.27. The molecule has 106 valence electrons. The van der Waals surface area contributed by atoms with Gasteiger partial charge in [-0.05, 0) is 31.5 Å². The third kappa shape index (κ3) is 3.79. The van der Waals surface area contributed by atoms with E-state index < -0.39 is 0 Å². The zero-order valence-electron chi connectivity index (χ0n) is 11.3. The van der Waals surface area contributed by atoms with E-state index in [1.165, 1.54) is 0 Å². The second kappa shape index (κ2) is 6.16. The quantitative estimate of drug-likeness (QED) is 0.853. The maximum Gasteiger partial charge on any atom is 0.330 e. The molecule has 0 atom stereocenters. The van der Waals surface area contributed by atoms with Gasteiger partial charge in [-0.25, -0.2) is 0 Å². The monoisotopic (exact) mass is 276 g/mol. The van der Waals surface area contributed by atoms with Crippen LogP contribution in [0.2, 0.25) is 0 Å². The van der Waals surface area contributed by atoms with Crippen LogP contribution < -0.4 is 15.2 Å². The largest absolute Gasteiger partial charge is 0.461 e. The first-order chi connectivity index (χ1) is 9.56. The van der Waals surface area contributed by atoms with Crippen LogP contribution in [0.5, 0.6) is 17.8 Å². The van der Waals surface area contributed by atoms with Gasteiger partial charge in [0.05, 0.1) is 12.7 Å². The Labute approximate surface area is 116 Å². The Hall–Kier alpha value is -2.41. The van der Waals surface area contributed by atoms with Crippen LogP contribution in [-0.4, -0.2) is 26.2 Å². The maximum absolute atomic E-state index is 8.97. The number of anilines is 1. The van der Waals surface area contributed by atoms with E-state index in [2.05, 4.69) is 15.0 Å². The second-order valence-electron chi connectivity index (χ2n) is 4.33. The number of nitrogens with two attached hydrogens (primary N) is 1. The van der Waals surface area contributed by atoms with Gasteiger partial charge in [0, 0.05) is 0 Å². The highest BCUT2D eigenvalue weighted by molar-refractivity contribution is 5.30. The molecule has 0 spiro atoms. The van der Waals surface area contributed by atoms with Crippen LogP contribution >= 0.6 is 0 Å². The number of ether oxygens (including phenoxy) is 2. The lowest BCUT2D eigenvalue weighted by Gasteiger charge is -2.09. The van der Waals surface area contributed by atoms with Crippen molar-refractivity contribution in [3.63, 3.8) is 0 Å². The molecule has 3 N–H and O–H groups in total. The highest BCUT2D eigenvalue weighted by Crippen LogP contribution is 2.20. The van der Waals surface area contributed by atoms with Gasteiger partial charge in [-0.15, -0.1) is 4.98 Å². The van der Waals surface area contributed by atoms with Crippen molar-refractivity contribution in [2.45, 2.75) is 26.6 Å². The normalized spacial score (nSPS) is 10.6. The van der Waals surface area contributed by atoms with Crippen LogP contribution in [0.3, 0.4) is 0 Å². The summed E-state index contributed by atoms with van der Waals surface area (Å²) < 4.78 is 10.8. The average molecular weight is 276 g/mol. The van der Waals surface area contributed by atoms with Crippen LogP contribution in [0, 0.1) is 0 Å². The lowest BCUT2D eigenvalue weighted by atomic mass is 10.2. The molecule has 0 aliphatic heterocycles. The fourth-order valence-electron chi connectivity index (χ4n) is 1.43. The molecular formula is C13H16N4O3. The van der Waals surface area contributed by atoms with E-state index >= 15 is 0 Å². The fraction of sp³-hybridized carbons (Fsp3) is 0.308. The minimum atomic E-state index is -0.0755. The Balaban J connectivity index is 2.17. The molecular weight excluding hydrogens is 260 g/mol. The van der Waals surface area contributed by atoms with Crippen molar-refractivity contribution in [2.75, 3.05) is 5.73 Å². The Bertz CT molecular complexity index is 572. The van der Waals surface area contributed by atoms with E-state index in [1.54, 1.807) is 24.3 Å². The number of hydrogen-bond acceptors (Lipinski definition) is 7. The summed E-state index contributed by atoms with van der Waals surface area (Å²) in [5, 5.41) is 8.97. The smallest absolute Gasteiger partial charge is 0.330 e. The van der Waals surface area contributed by atoms with Crippen molar-refractivity contribution in [1.82, 2.24) is 15.0 Å².